The van der Waals surface area contributed by atoms with E-state index in [2.05, 4.69) is 20.4 Å². The predicted octanol–water partition coefficient (Wildman–Crippen LogP) is 1.54. The van der Waals surface area contributed by atoms with Gasteiger partial charge >= 0.3 is 0 Å². The van der Waals surface area contributed by atoms with E-state index in [1.165, 1.54) is 19.3 Å². The first-order valence-corrected chi connectivity index (χ1v) is 7.32. The van der Waals surface area contributed by atoms with Crippen molar-refractivity contribution in [2.75, 3.05) is 24.5 Å². The Morgan fingerprint density at radius 3 is 2.89 bits per heavy atom. The molecular formula is C13H19ClN4O. The molecule has 6 heteroatoms. The van der Waals surface area contributed by atoms with Crippen molar-refractivity contribution in [3.8, 4) is 0 Å². The smallest absolute Gasteiger partial charge is 0.285 e. The zero-order valence-corrected chi connectivity index (χ0v) is 11.7. The summed E-state index contributed by atoms with van der Waals surface area (Å²) in [5.41, 5.74) is 0.591. The quantitative estimate of drug-likeness (QED) is 0.820. The standard InChI is InChI=1S/C13H19ClN4O/c14-11-10(8-16-17-12(11)19)18-7-6-15-9-13(18)4-2-1-3-5-13/h8,15H,1-7,9H2,(H,17,19). The Kier molecular flexibility index (Phi) is 3.50. The molecule has 1 spiro atoms. The summed E-state index contributed by atoms with van der Waals surface area (Å²) >= 11 is 6.18. The van der Waals surface area contributed by atoms with E-state index in [0.717, 1.165) is 38.2 Å². The fourth-order valence-electron chi connectivity index (χ4n) is 3.44. The topological polar surface area (TPSA) is 61.0 Å². The van der Waals surface area contributed by atoms with Gasteiger partial charge in [0.1, 0.15) is 5.02 Å². The summed E-state index contributed by atoms with van der Waals surface area (Å²) in [5, 5.41) is 10.1. The average molecular weight is 283 g/mol. The molecule has 1 saturated heterocycles. The molecule has 5 nitrogen and oxygen atoms in total. The van der Waals surface area contributed by atoms with Crippen molar-refractivity contribution in [1.82, 2.24) is 15.5 Å². The van der Waals surface area contributed by atoms with Crippen molar-refractivity contribution in [3.63, 3.8) is 0 Å². The highest BCUT2D eigenvalue weighted by Gasteiger charge is 2.40. The van der Waals surface area contributed by atoms with E-state index in [9.17, 15) is 4.79 Å². The van der Waals surface area contributed by atoms with Crippen LogP contribution < -0.4 is 15.8 Å². The number of H-pyrrole nitrogens is 1. The van der Waals surface area contributed by atoms with Gasteiger partial charge in [-0.05, 0) is 12.8 Å². The van der Waals surface area contributed by atoms with Gasteiger partial charge in [-0.1, -0.05) is 30.9 Å². The maximum atomic E-state index is 11.7. The predicted molar refractivity (Wildman–Crippen MR) is 75.9 cm³/mol. The second kappa shape index (κ2) is 5.13. The number of nitrogens with zero attached hydrogens (tertiary/aromatic N) is 2. The minimum Gasteiger partial charge on any atom is -0.361 e. The van der Waals surface area contributed by atoms with Crippen LogP contribution in [-0.4, -0.2) is 35.4 Å². The van der Waals surface area contributed by atoms with Crippen LogP contribution in [0.1, 0.15) is 32.1 Å². The first kappa shape index (κ1) is 12.9. The normalized spacial score (nSPS) is 22.7. The molecule has 1 aliphatic heterocycles. The van der Waals surface area contributed by atoms with Crippen molar-refractivity contribution < 1.29 is 0 Å². The monoisotopic (exact) mass is 282 g/mol. The van der Waals surface area contributed by atoms with Gasteiger partial charge in [0.2, 0.25) is 0 Å². The number of hydrogen-bond donors (Lipinski definition) is 2. The summed E-state index contributed by atoms with van der Waals surface area (Å²) in [6, 6.07) is 0. The second-order valence-electron chi connectivity index (χ2n) is 5.51. The van der Waals surface area contributed by atoms with Crippen LogP contribution in [-0.2, 0) is 0 Å². The molecule has 0 amide bonds. The maximum absolute atomic E-state index is 11.7. The van der Waals surface area contributed by atoms with E-state index in [0.29, 0.717) is 0 Å². The minimum absolute atomic E-state index is 0.107. The molecule has 0 atom stereocenters. The Hall–Kier alpha value is -1.07. The molecule has 2 N–H and O–H groups in total. The van der Waals surface area contributed by atoms with Crippen LogP contribution in [0.2, 0.25) is 5.02 Å². The average Bonchev–Trinajstić information content (AvgIpc) is 2.44. The number of rotatable bonds is 1. The lowest BCUT2D eigenvalue weighted by Crippen LogP contribution is -2.62. The van der Waals surface area contributed by atoms with Gasteiger partial charge in [-0.15, -0.1) is 0 Å². The van der Waals surface area contributed by atoms with E-state index in [1.807, 2.05) is 0 Å². The van der Waals surface area contributed by atoms with Crippen molar-refractivity contribution >= 4 is 17.3 Å². The third kappa shape index (κ3) is 2.25. The van der Waals surface area contributed by atoms with Gasteiger partial charge in [-0.25, -0.2) is 5.10 Å². The van der Waals surface area contributed by atoms with Gasteiger partial charge in [-0.3, -0.25) is 4.79 Å². The number of aromatic amines is 1. The van der Waals surface area contributed by atoms with Gasteiger partial charge in [0.15, 0.2) is 0 Å². The molecule has 1 aromatic rings. The molecule has 2 heterocycles. The summed E-state index contributed by atoms with van der Waals surface area (Å²) < 4.78 is 0. The van der Waals surface area contributed by atoms with Crippen molar-refractivity contribution in [3.05, 3.63) is 21.6 Å². The summed E-state index contributed by atoms with van der Waals surface area (Å²) in [6.07, 6.45) is 7.79. The molecule has 2 fully saturated rings. The minimum atomic E-state index is -0.302. The SMILES string of the molecule is O=c1[nH]ncc(N2CCNCC23CCCCC3)c1Cl. The summed E-state index contributed by atoms with van der Waals surface area (Å²) in [5.74, 6) is 0. The molecule has 1 aromatic heterocycles. The molecule has 1 aliphatic carbocycles. The zero-order valence-electron chi connectivity index (χ0n) is 10.9. The van der Waals surface area contributed by atoms with E-state index < -0.39 is 0 Å². The van der Waals surface area contributed by atoms with Crippen LogP contribution in [0, 0.1) is 0 Å². The molecule has 3 rings (SSSR count). The van der Waals surface area contributed by atoms with Gasteiger partial charge in [-0.2, -0.15) is 5.10 Å². The van der Waals surface area contributed by atoms with E-state index in [-0.39, 0.29) is 16.1 Å². The second-order valence-corrected chi connectivity index (χ2v) is 5.89. The molecule has 0 unspecified atom stereocenters. The molecule has 0 aromatic carbocycles. The highest BCUT2D eigenvalue weighted by molar-refractivity contribution is 6.33. The molecule has 104 valence electrons. The highest BCUT2D eigenvalue weighted by atomic mass is 35.5. The molecular weight excluding hydrogens is 264 g/mol. The Morgan fingerprint density at radius 1 is 1.32 bits per heavy atom. The van der Waals surface area contributed by atoms with Crippen molar-refractivity contribution in [2.24, 2.45) is 0 Å². The Balaban J connectivity index is 2.00. The Bertz CT molecular complexity index is 501. The summed E-state index contributed by atoms with van der Waals surface area (Å²) in [6.45, 7) is 2.77. The van der Waals surface area contributed by atoms with Crippen molar-refractivity contribution in [2.45, 2.75) is 37.6 Å². The van der Waals surface area contributed by atoms with Crippen LogP contribution in [0.15, 0.2) is 11.0 Å². The lowest BCUT2D eigenvalue weighted by molar-refractivity contribution is 0.241. The fourth-order valence-corrected chi connectivity index (χ4v) is 3.63. The number of anilines is 1. The number of aromatic nitrogens is 2. The fraction of sp³-hybridized carbons (Fsp3) is 0.692. The van der Waals surface area contributed by atoms with Gasteiger partial charge < -0.3 is 10.2 Å². The summed E-state index contributed by atoms with van der Waals surface area (Å²) in [4.78, 5) is 14.0. The Morgan fingerprint density at radius 2 is 2.11 bits per heavy atom. The third-order valence-electron chi connectivity index (χ3n) is 4.39. The van der Waals surface area contributed by atoms with Gasteiger partial charge in [0.25, 0.3) is 5.56 Å². The number of nitrogens with one attached hydrogen (secondary N) is 2. The number of hydrogen-bond acceptors (Lipinski definition) is 4. The van der Waals surface area contributed by atoms with Gasteiger partial charge in [0, 0.05) is 19.6 Å². The summed E-state index contributed by atoms with van der Waals surface area (Å²) in [7, 11) is 0. The lowest BCUT2D eigenvalue weighted by Gasteiger charge is -2.51. The van der Waals surface area contributed by atoms with E-state index >= 15 is 0 Å². The third-order valence-corrected chi connectivity index (χ3v) is 4.76. The number of halogens is 1. The lowest BCUT2D eigenvalue weighted by atomic mass is 9.79. The number of piperazine rings is 1. The maximum Gasteiger partial charge on any atom is 0.285 e. The molecule has 2 aliphatic rings. The molecule has 0 radical (unpaired) electrons. The first-order valence-electron chi connectivity index (χ1n) is 6.94. The van der Waals surface area contributed by atoms with Crippen LogP contribution in [0.25, 0.3) is 0 Å². The zero-order chi connectivity index (χ0) is 13.3. The van der Waals surface area contributed by atoms with Crippen LogP contribution in [0.3, 0.4) is 0 Å². The highest BCUT2D eigenvalue weighted by Crippen LogP contribution is 2.38. The van der Waals surface area contributed by atoms with Crippen LogP contribution >= 0.6 is 11.6 Å². The molecule has 0 bridgehead atoms. The van der Waals surface area contributed by atoms with E-state index in [4.69, 9.17) is 11.6 Å². The van der Waals surface area contributed by atoms with Crippen molar-refractivity contribution in [1.29, 1.82) is 0 Å². The molecule has 19 heavy (non-hydrogen) atoms. The van der Waals surface area contributed by atoms with Crippen LogP contribution in [0.5, 0.6) is 0 Å². The van der Waals surface area contributed by atoms with Gasteiger partial charge in [0.05, 0.1) is 17.4 Å². The van der Waals surface area contributed by atoms with E-state index in [1.54, 1.807) is 6.20 Å². The Labute approximate surface area is 117 Å². The largest absolute Gasteiger partial charge is 0.361 e. The molecule has 1 saturated carbocycles. The first-order chi connectivity index (χ1) is 9.23. The van der Waals surface area contributed by atoms with Crippen LogP contribution in [0.4, 0.5) is 5.69 Å².